The van der Waals surface area contributed by atoms with Gasteiger partial charge in [0.05, 0.1) is 31.6 Å². The number of guanidine groups is 1. The molecule has 0 saturated carbocycles. The van der Waals surface area contributed by atoms with Crippen LogP contribution in [0.5, 0.6) is 5.75 Å². The summed E-state index contributed by atoms with van der Waals surface area (Å²) in [5.41, 5.74) is 4.41. The van der Waals surface area contributed by atoms with Gasteiger partial charge in [-0.2, -0.15) is 5.10 Å². The maximum Gasteiger partial charge on any atom is 0.191 e. The van der Waals surface area contributed by atoms with E-state index in [4.69, 9.17) is 4.74 Å². The third kappa shape index (κ3) is 6.49. The Balaban J connectivity index is 0.00000300. The Morgan fingerprint density at radius 3 is 2.52 bits per heavy atom. The van der Waals surface area contributed by atoms with Crippen molar-refractivity contribution in [3.63, 3.8) is 0 Å². The fourth-order valence-corrected chi connectivity index (χ4v) is 2.80. The van der Waals surface area contributed by atoms with Gasteiger partial charge in [-0.3, -0.25) is 0 Å². The van der Waals surface area contributed by atoms with Crippen LogP contribution in [0.15, 0.2) is 65.8 Å². The van der Waals surface area contributed by atoms with E-state index in [-0.39, 0.29) is 24.0 Å². The van der Waals surface area contributed by atoms with Crippen molar-refractivity contribution >= 4 is 29.9 Å². The maximum absolute atomic E-state index is 5.20. The molecule has 0 aliphatic heterocycles. The molecular weight excluding hydrogens is 477 g/mol. The molecule has 0 aliphatic rings. The predicted octanol–water partition coefficient (Wildman–Crippen LogP) is 4.06. The lowest BCUT2D eigenvalue weighted by atomic mass is 10.1. The van der Waals surface area contributed by atoms with Crippen LogP contribution in [0.1, 0.15) is 23.7 Å². The number of halogens is 1. The Kier molecular flexibility index (Phi) is 8.98. The van der Waals surface area contributed by atoms with Crippen LogP contribution < -0.4 is 15.4 Å². The molecule has 0 atom stereocenters. The highest BCUT2D eigenvalue weighted by atomic mass is 127. The summed E-state index contributed by atoms with van der Waals surface area (Å²) >= 11 is 0. The number of rotatable bonds is 7. The van der Waals surface area contributed by atoms with Gasteiger partial charge in [-0.1, -0.05) is 24.3 Å². The monoisotopic (exact) mass is 505 g/mol. The Morgan fingerprint density at radius 2 is 1.83 bits per heavy atom. The molecule has 1 heterocycles. The van der Waals surface area contributed by atoms with E-state index in [1.165, 1.54) is 11.1 Å². The third-order valence-corrected chi connectivity index (χ3v) is 4.43. The minimum atomic E-state index is 0. The van der Waals surface area contributed by atoms with Crippen LogP contribution in [-0.2, 0) is 13.1 Å². The molecule has 3 rings (SSSR count). The molecule has 7 heteroatoms. The summed E-state index contributed by atoms with van der Waals surface area (Å²) < 4.78 is 7.06. The SMILES string of the molecule is CCNC(=NCc1ccccc1C)NCc1ccn(-c2ccc(OC)cc2)n1.I. The maximum atomic E-state index is 5.20. The van der Waals surface area contributed by atoms with Crippen molar-refractivity contribution in [2.75, 3.05) is 13.7 Å². The molecule has 0 fully saturated rings. The first-order valence-electron chi connectivity index (χ1n) is 9.45. The van der Waals surface area contributed by atoms with Gasteiger partial charge in [-0.05, 0) is 55.3 Å². The van der Waals surface area contributed by atoms with Gasteiger partial charge in [0.2, 0.25) is 0 Å². The minimum absolute atomic E-state index is 0. The molecule has 2 aromatic carbocycles. The Hall–Kier alpha value is -2.55. The molecule has 3 aromatic rings. The Labute approximate surface area is 189 Å². The smallest absolute Gasteiger partial charge is 0.191 e. The van der Waals surface area contributed by atoms with Gasteiger partial charge in [0.25, 0.3) is 0 Å². The second-order valence-electron chi connectivity index (χ2n) is 6.42. The molecule has 0 bridgehead atoms. The summed E-state index contributed by atoms with van der Waals surface area (Å²) in [6, 6.07) is 18.1. The van der Waals surface area contributed by atoms with E-state index in [1.807, 2.05) is 53.3 Å². The number of aromatic nitrogens is 2. The zero-order valence-electron chi connectivity index (χ0n) is 17.1. The van der Waals surface area contributed by atoms with Gasteiger partial charge in [-0.25, -0.2) is 9.67 Å². The molecule has 0 saturated heterocycles. The fourth-order valence-electron chi connectivity index (χ4n) is 2.80. The summed E-state index contributed by atoms with van der Waals surface area (Å²) in [6.07, 6.45) is 1.95. The number of nitrogens with one attached hydrogen (secondary N) is 2. The van der Waals surface area contributed by atoms with Gasteiger partial charge >= 0.3 is 0 Å². The minimum Gasteiger partial charge on any atom is -0.497 e. The van der Waals surface area contributed by atoms with E-state index in [0.717, 1.165) is 29.6 Å². The topological polar surface area (TPSA) is 63.5 Å². The van der Waals surface area contributed by atoms with E-state index in [0.29, 0.717) is 13.1 Å². The number of nitrogens with zero attached hydrogens (tertiary/aromatic N) is 3. The second kappa shape index (κ2) is 11.5. The van der Waals surface area contributed by atoms with Crippen LogP contribution >= 0.6 is 24.0 Å². The number of aryl methyl sites for hydroxylation is 1. The van der Waals surface area contributed by atoms with Crippen LogP contribution in [0.25, 0.3) is 5.69 Å². The van der Waals surface area contributed by atoms with Crippen LogP contribution in [0, 0.1) is 6.92 Å². The van der Waals surface area contributed by atoms with Crippen molar-refractivity contribution in [3.8, 4) is 11.4 Å². The average molecular weight is 505 g/mol. The highest BCUT2D eigenvalue weighted by Crippen LogP contribution is 2.14. The quantitative estimate of drug-likeness (QED) is 0.289. The predicted molar refractivity (Wildman–Crippen MR) is 128 cm³/mol. The molecule has 0 aliphatic carbocycles. The summed E-state index contributed by atoms with van der Waals surface area (Å²) in [4.78, 5) is 4.69. The number of hydrogen-bond acceptors (Lipinski definition) is 3. The lowest BCUT2D eigenvalue weighted by Gasteiger charge is -2.11. The summed E-state index contributed by atoms with van der Waals surface area (Å²) in [5.74, 6) is 1.61. The largest absolute Gasteiger partial charge is 0.497 e. The van der Waals surface area contributed by atoms with E-state index >= 15 is 0 Å². The average Bonchev–Trinajstić information content (AvgIpc) is 3.20. The zero-order chi connectivity index (χ0) is 19.8. The summed E-state index contributed by atoms with van der Waals surface area (Å²) in [5, 5.41) is 11.3. The third-order valence-electron chi connectivity index (χ3n) is 4.43. The summed E-state index contributed by atoms with van der Waals surface area (Å²) in [6.45, 7) is 6.21. The van der Waals surface area contributed by atoms with Crippen LogP contribution in [0.2, 0.25) is 0 Å². The highest BCUT2D eigenvalue weighted by Gasteiger charge is 2.04. The molecule has 0 radical (unpaired) electrons. The van der Waals surface area contributed by atoms with Crippen molar-refractivity contribution in [2.45, 2.75) is 26.9 Å². The number of aliphatic imine (C=N–C) groups is 1. The number of methoxy groups -OCH3 is 1. The lowest BCUT2D eigenvalue weighted by Crippen LogP contribution is -2.36. The lowest BCUT2D eigenvalue weighted by molar-refractivity contribution is 0.414. The Morgan fingerprint density at radius 1 is 1.07 bits per heavy atom. The first-order valence-corrected chi connectivity index (χ1v) is 9.45. The molecule has 0 spiro atoms. The molecular formula is C22H28IN5O. The standard InChI is InChI=1S/C22H27N5O.HI/c1-4-23-22(24-15-18-8-6-5-7-17(18)2)25-16-19-13-14-27(26-19)20-9-11-21(28-3)12-10-20;/h5-14H,4,15-16H2,1-3H3,(H2,23,24,25);1H. The van der Waals surface area contributed by atoms with Gasteiger partial charge in [0.15, 0.2) is 5.96 Å². The normalized spacial score (nSPS) is 10.9. The zero-order valence-corrected chi connectivity index (χ0v) is 19.4. The Bertz CT molecular complexity index is 921. The van der Waals surface area contributed by atoms with Gasteiger partial charge < -0.3 is 15.4 Å². The van der Waals surface area contributed by atoms with Crippen molar-refractivity contribution in [1.29, 1.82) is 0 Å². The molecule has 29 heavy (non-hydrogen) atoms. The van der Waals surface area contributed by atoms with E-state index < -0.39 is 0 Å². The fraction of sp³-hybridized carbons (Fsp3) is 0.273. The second-order valence-corrected chi connectivity index (χ2v) is 6.42. The highest BCUT2D eigenvalue weighted by molar-refractivity contribution is 14.0. The molecule has 2 N–H and O–H groups in total. The van der Waals surface area contributed by atoms with Crippen molar-refractivity contribution in [1.82, 2.24) is 20.4 Å². The molecule has 6 nitrogen and oxygen atoms in total. The molecule has 0 unspecified atom stereocenters. The summed E-state index contributed by atoms with van der Waals surface area (Å²) in [7, 11) is 1.66. The van der Waals surface area contributed by atoms with Gasteiger partial charge in [0, 0.05) is 12.7 Å². The molecule has 1 aromatic heterocycles. The van der Waals surface area contributed by atoms with Crippen LogP contribution in [-0.4, -0.2) is 29.4 Å². The number of ether oxygens (including phenoxy) is 1. The van der Waals surface area contributed by atoms with E-state index in [9.17, 15) is 0 Å². The van der Waals surface area contributed by atoms with Gasteiger partial charge in [0.1, 0.15) is 5.75 Å². The number of hydrogen-bond donors (Lipinski definition) is 2. The van der Waals surface area contributed by atoms with E-state index in [1.54, 1.807) is 7.11 Å². The molecule has 0 amide bonds. The molecule has 154 valence electrons. The van der Waals surface area contributed by atoms with Crippen molar-refractivity contribution in [3.05, 3.63) is 77.6 Å². The number of benzene rings is 2. The van der Waals surface area contributed by atoms with Crippen LogP contribution in [0.4, 0.5) is 0 Å². The van der Waals surface area contributed by atoms with Gasteiger partial charge in [-0.15, -0.1) is 24.0 Å². The first kappa shape index (κ1) is 22.7. The van der Waals surface area contributed by atoms with Crippen molar-refractivity contribution < 1.29 is 4.74 Å². The van der Waals surface area contributed by atoms with Crippen molar-refractivity contribution in [2.24, 2.45) is 4.99 Å². The first-order chi connectivity index (χ1) is 13.7. The van der Waals surface area contributed by atoms with E-state index in [2.05, 4.69) is 46.7 Å². The van der Waals surface area contributed by atoms with Crippen LogP contribution in [0.3, 0.4) is 0 Å².